The third kappa shape index (κ3) is 3.76. The molecule has 0 bridgehead atoms. The minimum Gasteiger partial charge on any atom is -0.212 e. The highest BCUT2D eigenvalue weighted by atomic mass is 32.2. The SMILES string of the molecule is CCC1CCCC(NS(=O)(=O)C(C)C)C1. The summed E-state index contributed by atoms with van der Waals surface area (Å²) in [4.78, 5) is 0. The molecule has 0 aliphatic heterocycles. The van der Waals surface area contributed by atoms with Gasteiger partial charge in [0, 0.05) is 6.04 Å². The molecule has 4 heteroatoms. The van der Waals surface area contributed by atoms with Gasteiger partial charge in [0.1, 0.15) is 0 Å². The second kappa shape index (κ2) is 5.30. The zero-order valence-corrected chi connectivity index (χ0v) is 10.8. The maximum atomic E-state index is 11.7. The van der Waals surface area contributed by atoms with Crippen molar-refractivity contribution in [1.82, 2.24) is 4.72 Å². The van der Waals surface area contributed by atoms with Gasteiger partial charge in [0.2, 0.25) is 10.0 Å². The maximum Gasteiger partial charge on any atom is 0.214 e. The molecule has 1 fully saturated rings. The predicted molar refractivity (Wildman–Crippen MR) is 63.2 cm³/mol. The number of hydrogen-bond acceptors (Lipinski definition) is 2. The second-order valence-electron chi connectivity index (χ2n) is 4.85. The van der Waals surface area contributed by atoms with Gasteiger partial charge in [-0.25, -0.2) is 13.1 Å². The number of hydrogen-bond donors (Lipinski definition) is 1. The molecule has 0 amide bonds. The van der Waals surface area contributed by atoms with E-state index in [0.29, 0.717) is 5.92 Å². The molecule has 2 unspecified atom stereocenters. The van der Waals surface area contributed by atoms with Gasteiger partial charge in [-0.1, -0.05) is 26.2 Å². The molecule has 2 atom stereocenters. The quantitative estimate of drug-likeness (QED) is 0.809. The predicted octanol–water partition coefficient (Wildman–Crippen LogP) is 2.28. The second-order valence-corrected chi connectivity index (χ2v) is 7.12. The average molecular weight is 233 g/mol. The molecule has 1 saturated carbocycles. The molecule has 1 N–H and O–H groups in total. The van der Waals surface area contributed by atoms with Gasteiger partial charge in [-0.2, -0.15) is 0 Å². The third-order valence-electron chi connectivity index (χ3n) is 3.31. The Labute approximate surface area is 93.7 Å². The van der Waals surface area contributed by atoms with E-state index in [-0.39, 0.29) is 11.3 Å². The molecule has 0 spiro atoms. The van der Waals surface area contributed by atoms with Crippen LogP contribution in [0.4, 0.5) is 0 Å². The first-order valence-corrected chi connectivity index (χ1v) is 7.51. The molecule has 0 radical (unpaired) electrons. The summed E-state index contributed by atoms with van der Waals surface area (Å²) in [6.45, 7) is 5.63. The van der Waals surface area contributed by atoms with Gasteiger partial charge in [-0.3, -0.25) is 0 Å². The molecule has 0 saturated heterocycles. The van der Waals surface area contributed by atoms with Crippen molar-refractivity contribution in [2.24, 2.45) is 5.92 Å². The summed E-state index contributed by atoms with van der Waals surface area (Å²) in [6.07, 6.45) is 5.60. The van der Waals surface area contributed by atoms with Crippen molar-refractivity contribution < 1.29 is 8.42 Å². The highest BCUT2D eigenvalue weighted by Crippen LogP contribution is 2.27. The highest BCUT2D eigenvalue weighted by molar-refractivity contribution is 7.90. The zero-order chi connectivity index (χ0) is 11.5. The fourth-order valence-corrected chi connectivity index (χ4v) is 3.09. The van der Waals surface area contributed by atoms with Crippen molar-refractivity contribution >= 4 is 10.0 Å². The summed E-state index contributed by atoms with van der Waals surface area (Å²) < 4.78 is 26.2. The fraction of sp³-hybridized carbons (Fsp3) is 1.00. The van der Waals surface area contributed by atoms with E-state index in [4.69, 9.17) is 0 Å². The van der Waals surface area contributed by atoms with Crippen LogP contribution in [0.25, 0.3) is 0 Å². The van der Waals surface area contributed by atoms with Crippen LogP contribution in [0.5, 0.6) is 0 Å². The lowest BCUT2D eigenvalue weighted by molar-refractivity contribution is 0.301. The van der Waals surface area contributed by atoms with E-state index < -0.39 is 10.0 Å². The lowest BCUT2D eigenvalue weighted by atomic mass is 9.85. The molecule has 0 aromatic carbocycles. The number of sulfonamides is 1. The molecular weight excluding hydrogens is 210 g/mol. The summed E-state index contributed by atoms with van der Waals surface area (Å²) in [5.74, 6) is 0.707. The monoisotopic (exact) mass is 233 g/mol. The zero-order valence-electron chi connectivity index (χ0n) is 9.99. The van der Waals surface area contributed by atoms with Gasteiger partial charge in [0.05, 0.1) is 5.25 Å². The smallest absolute Gasteiger partial charge is 0.212 e. The summed E-state index contributed by atoms with van der Waals surface area (Å²) in [5.41, 5.74) is 0. The van der Waals surface area contributed by atoms with Gasteiger partial charge in [0.15, 0.2) is 0 Å². The van der Waals surface area contributed by atoms with Crippen LogP contribution >= 0.6 is 0 Å². The molecule has 15 heavy (non-hydrogen) atoms. The van der Waals surface area contributed by atoms with Crippen molar-refractivity contribution in [3.05, 3.63) is 0 Å². The van der Waals surface area contributed by atoms with E-state index in [9.17, 15) is 8.42 Å². The Morgan fingerprint density at radius 1 is 1.33 bits per heavy atom. The van der Waals surface area contributed by atoms with Gasteiger partial charge in [0.25, 0.3) is 0 Å². The minimum absolute atomic E-state index is 0.177. The van der Waals surface area contributed by atoms with Crippen molar-refractivity contribution in [3.8, 4) is 0 Å². The van der Waals surface area contributed by atoms with Crippen molar-refractivity contribution in [2.45, 2.75) is 64.2 Å². The van der Waals surface area contributed by atoms with Crippen molar-refractivity contribution in [1.29, 1.82) is 0 Å². The Hall–Kier alpha value is -0.0900. The molecule has 0 heterocycles. The minimum atomic E-state index is -3.08. The topological polar surface area (TPSA) is 46.2 Å². The first-order valence-electron chi connectivity index (χ1n) is 5.96. The van der Waals surface area contributed by atoms with Crippen LogP contribution in [-0.4, -0.2) is 19.7 Å². The Morgan fingerprint density at radius 2 is 2.00 bits per heavy atom. The van der Waals surface area contributed by atoms with E-state index >= 15 is 0 Å². The molecule has 0 aromatic heterocycles. The largest absolute Gasteiger partial charge is 0.214 e. The Kier molecular flexibility index (Phi) is 4.59. The normalized spacial score (nSPS) is 28.3. The van der Waals surface area contributed by atoms with Crippen LogP contribution in [-0.2, 0) is 10.0 Å². The Bertz CT molecular complexity index is 285. The molecule has 3 nitrogen and oxygen atoms in total. The fourth-order valence-electron chi connectivity index (χ4n) is 2.14. The van der Waals surface area contributed by atoms with E-state index in [1.165, 1.54) is 12.8 Å². The molecule has 1 aliphatic rings. The first-order chi connectivity index (χ1) is 6.95. The summed E-state index contributed by atoms with van der Waals surface area (Å²) in [5, 5.41) is -0.320. The third-order valence-corrected chi connectivity index (χ3v) is 5.21. The molecular formula is C11H23NO2S. The van der Waals surface area contributed by atoms with Crippen LogP contribution in [0.15, 0.2) is 0 Å². The number of nitrogens with one attached hydrogen (secondary N) is 1. The van der Waals surface area contributed by atoms with E-state index in [1.54, 1.807) is 13.8 Å². The van der Waals surface area contributed by atoms with Crippen LogP contribution in [0.3, 0.4) is 0 Å². The first kappa shape index (κ1) is 13.0. The lowest BCUT2D eigenvalue weighted by Crippen LogP contribution is -2.41. The Morgan fingerprint density at radius 3 is 2.53 bits per heavy atom. The lowest BCUT2D eigenvalue weighted by Gasteiger charge is -2.29. The summed E-state index contributed by atoms with van der Waals surface area (Å²) >= 11 is 0. The highest BCUT2D eigenvalue weighted by Gasteiger charge is 2.26. The van der Waals surface area contributed by atoms with E-state index in [1.807, 2.05) is 0 Å². The average Bonchev–Trinajstić information content (AvgIpc) is 2.17. The number of rotatable bonds is 4. The van der Waals surface area contributed by atoms with Crippen LogP contribution in [0, 0.1) is 5.92 Å². The molecule has 1 rings (SSSR count). The summed E-state index contributed by atoms with van der Waals surface area (Å²) in [7, 11) is -3.08. The van der Waals surface area contributed by atoms with E-state index in [2.05, 4.69) is 11.6 Å². The van der Waals surface area contributed by atoms with E-state index in [0.717, 1.165) is 19.3 Å². The molecule has 0 aromatic rings. The molecule has 1 aliphatic carbocycles. The summed E-state index contributed by atoms with van der Waals surface area (Å²) in [6, 6.07) is 0.177. The maximum absolute atomic E-state index is 11.7. The Balaban J connectivity index is 2.52. The molecule has 90 valence electrons. The van der Waals surface area contributed by atoms with Crippen molar-refractivity contribution in [3.63, 3.8) is 0 Å². The van der Waals surface area contributed by atoms with Crippen molar-refractivity contribution in [2.75, 3.05) is 0 Å². The van der Waals surface area contributed by atoms with Gasteiger partial charge in [-0.05, 0) is 32.6 Å². The van der Waals surface area contributed by atoms with Crippen LogP contribution < -0.4 is 4.72 Å². The van der Waals surface area contributed by atoms with Crippen LogP contribution in [0.1, 0.15) is 52.9 Å². The van der Waals surface area contributed by atoms with Crippen LogP contribution in [0.2, 0.25) is 0 Å². The van der Waals surface area contributed by atoms with Gasteiger partial charge < -0.3 is 0 Å². The van der Waals surface area contributed by atoms with Gasteiger partial charge in [-0.15, -0.1) is 0 Å². The van der Waals surface area contributed by atoms with Gasteiger partial charge >= 0.3 is 0 Å². The standard InChI is InChI=1S/C11H23NO2S/c1-4-10-6-5-7-11(8-10)12-15(13,14)9(2)3/h9-12H,4-8H2,1-3H3.